The minimum absolute atomic E-state index is 0.0396. The van der Waals surface area contributed by atoms with Crippen molar-refractivity contribution in [2.24, 2.45) is 0 Å². The van der Waals surface area contributed by atoms with Gasteiger partial charge in [-0.2, -0.15) is 0 Å². The Labute approximate surface area is 139 Å². The molecule has 0 bridgehead atoms. The smallest absolute Gasteiger partial charge is 0.262 e. The number of aryl methyl sites for hydroxylation is 1. The van der Waals surface area contributed by atoms with E-state index < -0.39 is 15.8 Å². The molecule has 8 heteroatoms. The number of ether oxygens (including phenoxy) is 2. The number of rotatable bonds is 5. The van der Waals surface area contributed by atoms with Crippen LogP contribution in [-0.4, -0.2) is 22.6 Å². The highest BCUT2D eigenvalue weighted by atomic mass is 35.5. The zero-order chi connectivity index (χ0) is 17.2. The van der Waals surface area contributed by atoms with Crippen LogP contribution >= 0.6 is 11.6 Å². The monoisotopic (exact) mass is 359 g/mol. The summed E-state index contributed by atoms with van der Waals surface area (Å²) >= 11 is 6.05. The van der Waals surface area contributed by atoms with Crippen molar-refractivity contribution in [2.75, 3.05) is 18.9 Å². The Bertz CT molecular complexity index is 840. The van der Waals surface area contributed by atoms with E-state index in [1.54, 1.807) is 13.0 Å². The predicted octanol–water partition coefficient (Wildman–Crippen LogP) is 3.61. The number of hydrogen-bond donors (Lipinski definition) is 1. The van der Waals surface area contributed by atoms with Crippen LogP contribution in [0, 0.1) is 12.7 Å². The molecule has 0 radical (unpaired) electrons. The molecule has 0 unspecified atom stereocenters. The zero-order valence-corrected chi connectivity index (χ0v) is 14.3. The quantitative estimate of drug-likeness (QED) is 0.885. The van der Waals surface area contributed by atoms with Gasteiger partial charge in [0.25, 0.3) is 10.0 Å². The second kappa shape index (κ2) is 6.64. The number of nitrogens with one attached hydrogen (secondary N) is 1. The first kappa shape index (κ1) is 17.4. The van der Waals surface area contributed by atoms with Crippen molar-refractivity contribution in [3.63, 3.8) is 0 Å². The average Bonchev–Trinajstić information content (AvgIpc) is 2.50. The predicted molar refractivity (Wildman–Crippen MR) is 86.5 cm³/mol. The van der Waals surface area contributed by atoms with Gasteiger partial charge in [-0.3, -0.25) is 4.72 Å². The Morgan fingerprint density at radius 1 is 1.09 bits per heavy atom. The molecular formula is C15H15ClFNO4S. The molecule has 124 valence electrons. The van der Waals surface area contributed by atoms with Gasteiger partial charge in [0.2, 0.25) is 0 Å². The van der Waals surface area contributed by atoms with Crippen molar-refractivity contribution < 1.29 is 22.3 Å². The van der Waals surface area contributed by atoms with E-state index in [-0.39, 0.29) is 21.4 Å². The fourth-order valence-electron chi connectivity index (χ4n) is 1.98. The summed E-state index contributed by atoms with van der Waals surface area (Å²) in [6.45, 7) is 1.75. The van der Waals surface area contributed by atoms with Gasteiger partial charge in [-0.25, -0.2) is 12.8 Å². The lowest BCUT2D eigenvalue weighted by molar-refractivity contribution is 0.385. The SMILES string of the molecule is COc1cc(Cl)c(NS(=O)(=O)c2ccc(OC)c(F)c2)cc1C. The molecule has 2 aromatic carbocycles. The first-order chi connectivity index (χ1) is 10.8. The van der Waals surface area contributed by atoms with Gasteiger partial charge in [-0.05, 0) is 36.8 Å². The highest BCUT2D eigenvalue weighted by Gasteiger charge is 2.19. The Kier molecular flexibility index (Phi) is 5.01. The van der Waals surface area contributed by atoms with Crippen molar-refractivity contribution in [1.82, 2.24) is 0 Å². The molecule has 5 nitrogen and oxygen atoms in total. The summed E-state index contributed by atoms with van der Waals surface area (Å²) in [5.41, 5.74) is 0.886. The molecule has 23 heavy (non-hydrogen) atoms. The highest BCUT2D eigenvalue weighted by molar-refractivity contribution is 7.92. The number of methoxy groups -OCH3 is 2. The van der Waals surface area contributed by atoms with Gasteiger partial charge in [0.15, 0.2) is 11.6 Å². The Morgan fingerprint density at radius 3 is 2.30 bits per heavy atom. The van der Waals surface area contributed by atoms with Crippen LogP contribution in [0.4, 0.5) is 10.1 Å². The van der Waals surface area contributed by atoms with Crippen LogP contribution in [0.15, 0.2) is 35.2 Å². The topological polar surface area (TPSA) is 64.6 Å². The van der Waals surface area contributed by atoms with E-state index in [4.69, 9.17) is 21.1 Å². The molecule has 0 heterocycles. The van der Waals surface area contributed by atoms with Gasteiger partial charge in [-0.1, -0.05) is 11.6 Å². The lowest BCUT2D eigenvalue weighted by atomic mass is 10.2. The third-order valence-corrected chi connectivity index (χ3v) is 4.84. The van der Waals surface area contributed by atoms with E-state index >= 15 is 0 Å². The van der Waals surface area contributed by atoms with E-state index in [9.17, 15) is 12.8 Å². The van der Waals surface area contributed by atoms with Gasteiger partial charge < -0.3 is 9.47 Å². The molecule has 0 saturated heterocycles. The van der Waals surface area contributed by atoms with Crippen LogP contribution in [0.3, 0.4) is 0 Å². The number of sulfonamides is 1. The number of anilines is 1. The molecule has 0 fully saturated rings. The van der Waals surface area contributed by atoms with Crippen molar-refractivity contribution >= 4 is 27.3 Å². The normalized spacial score (nSPS) is 11.2. The number of halogens is 2. The summed E-state index contributed by atoms with van der Waals surface area (Å²) in [5, 5.41) is 0.171. The van der Waals surface area contributed by atoms with Crippen LogP contribution in [0.2, 0.25) is 5.02 Å². The minimum atomic E-state index is -3.99. The zero-order valence-electron chi connectivity index (χ0n) is 12.7. The molecule has 0 atom stereocenters. The van der Waals surface area contributed by atoms with Crippen LogP contribution in [0.1, 0.15) is 5.56 Å². The third kappa shape index (κ3) is 3.68. The molecule has 0 amide bonds. The van der Waals surface area contributed by atoms with Crippen LogP contribution in [-0.2, 0) is 10.0 Å². The Hall–Kier alpha value is -1.99. The van der Waals surface area contributed by atoms with Crippen molar-refractivity contribution in [3.8, 4) is 11.5 Å². The fraction of sp³-hybridized carbons (Fsp3) is 0.200. The second-order valence-electron chi connectivity index (χ2n) is 4.70. The summed E-state index contributed by atoms with van der Waals surface area (Å²) in [6, 6.07) is 6.41. The molecule has 1 N–H and O–H groups in total. The summed E-state index contributed by atoms with van der Waals surface area (Å²) in [6.07, 6.45) is 0. The molecule has 0 saturated carbocycles. The minimum Gasteiger partial charge on any atom is -0.496 e. The van der Waals surface area contributed by atoms with E-state index in [1.807, 2.05) is 0 Å². The van der Waals surface area contributed by atoms with Crippen molar-refractivity contribution in [2.45, 2.75) is 11.8 Å². The summed E-state index contributed by atoms with van der Waals surface area (Å²) in [5.74, 6) is -0.275. The molecular weight excluding hydrogens is 345 g/mol. The maximum atomic E-state index is 13.7. The van der Waals surface area contributed by atoms with Gasteiger partial charge in [0, 0.05) is 6.07 Å². The Morgan fingerprint density at radius 2 is 1.74 bits per heavy atom. The number of hydrogen-bond acceptors (Lipinski definition) is 4. The van der Waals surface area contributed by atoms with Gasteiger partial charge in [0.05, 0.1) is 29.8 Å². The maximum absolute atomic E-state index is 13.7. The first-order valence-electron chi connectivity index (χ1n) is 6.49. The molecule has 0 spiro atoms. The van der Waals surface area contributed by atoms with Crippen LogP contribution in [0.5, 0.6) is 11.5 Å². The summed E-state index contributed by atoms with van der Waals surface area (Å²) in [4.78, 5) is -0.236. The molecule has 0 aliphatic rings. The van der Waals surface area contributed by atoms with E-state index in [0.29, 0.717) is 11.3 Å². The molecule has 0 aliphatic heterocycles. The molecule has 2 aromatic rings. The first-order valence-corrected chi connectivity index (χ1v) is 8.35. The molecule has 0 aromatic heterocycles. The highest BCUT2D eigenvalue weighted by Crippen LogP contribution is 2.32. The molecule has 2 rings (SSSR count). The number of benzene rings is 2. The second-order valence-corrected chi connectivity index (χ2v) is 6.79. The summed E-state index contributed by atoms with van der Waals surface area (Å²) < 4.78 is 50.6. The third-order valence-electron chi connectivity index (χ3n) is 3.16. The fourth-order valence-corrected chi connectivity index (χ4v) is 3.32. The van der Waals surface area contributed by atoms with Crippen LogP contribution in [0.25, 0.3) is 0 Å². The van der Waals surface area contributed by atoms with Crippen molar-refractivity contribution in [3.05, 3.63) is 46.7 Å². The van der Waals surface area contributed by atoms with Gasteiger partial charge in [0.1, 0.15) is 5.75 Å². The summed E-state index contributed by atoms with van der Waals surface area (Å²) in [7, 11) is -1.21. The van der Waals surface area contributed by atoms with E-state index in [0.717, 1.165) is 6.07 Å². The van der Waals surface area contributed by atoms with E-state index in [2.05, 4.69) is 4.72 Å². The van der Waals surface area contributed by atoms with E-state index in [1.165, 1.54) is 32.4 Å². The Balaban J connectivity index is 2.39. The van der Waals surface area contributed by atoms with Crippen LogP contribution < -0.4 is 14.2 Å². The van der Waals surface area contributed by atoms with Crippen molar-refractivity contribution in [1.29, 1.82) is 0 Å². The molecule has 0 aliphatic carbocycles. The van der Waals surface area contributed by atoms with Gasteiger partial charge in [-0.15, -0.1) is 0 Å². The average molecular weight is 360 g/mol. The van der Waals surface area contributed by atoms with Gasteiger partial charge >= 0.3 is 0 Å². The largest absolute Gasteiger partial charge is 0.496 e. The lowest BCUT2D eigenvalue weighted by Gasteiger charge is -2.13. The standard InChI is InChI=1S/C15H15ClFNO4S/c1-9-6-13(11(16)8-15(9)22-3)18-23(19,20)10-4-5-14(21-2)12(17)7-10/h4-8,18H,1-3H3. The maximum Gasteiger partial charge on any atom is 0.262 e. The lowest BCUT2D eigenvalue weighted by Crippen LogP contribution is -2.14.